The van der Waals surface area contributed by atoms with Gasteiger partial charge < -0.3 is 10.4 Å². The molecular formula is C22H27ClN2O5S. The number of carboxylic acids is 1. The van der Waals surface area contributed by atoms with Crippen LogP contribution in [-0.4, -0.2) is 31.4 Å². The number of anilines is 1. The molecule has 1 amide bonds. The van der Waals surface area contributed by atoms with Crippen molar-refractivity contribution in [2.45, 2.75) is 56.4 Å². The molecule has 3 N–H and O–H groups in total. The molecule has 0 aromatic heterocycles. The number of unbranched alkanes of at least 4 members (excludes halogenated alkanes) is 3. The van der Waals surface area contributed by atoms with E-state index in [1.54, 1.807) is 24.3 Å². The topological polar surface area (TPSA) is 113 Å². The SMILES string of the molecule is CCCCCCC(NS(=O)(=O)c1ccc(Cl)cc1)C(=O)Nc1ccc(CC(=O)O)cc1. The lowest BCUT2D eigenvalue weighted by Gasteiger charge is -2.19. The van der Waals surface area contributed by atoms with E-state index >= 15 is 0 Å². The highest BCUT2D eigenvalue weighted by Crippen LogP contribution is 2.17. The predicted octanol–water partition coefficient (Wildman–Crippen LogP) is 4.22. The number of carbonyl (C=O) groups is 2. The first-order chi connectivity index (χ1) is 14.7. The number of hydrogen-bond donors (Lipinski definition) is 3. The Labute approximate surface area is 187 Å². The van der Waals surface area contributed by atoms with Crippen LogP contribution in [0.3, 0.4) is 0 Å². The highest BCUT2D eigenvalue weighted by Gasteiger charge is 2.25. The number of aliphatic carboxylic acids is 1. The Kier molecular flexibility index (Phi) is 9.48. The van der Waals surface area contributed by atoms with E-state index in [9.17, 15) is 18.0 Å². The number of amides is 1. The van der Waals surface area contributed by atoms with Gasteiger partial charge in [-0.05, 0) is 48.4 Å². The van der Waals surface area contributed by atoms with Gasteiger partial charge in [-0.1, -0.05) is 56.3 Å². The number of nitrogens with one attached hydrogen (secondary N) is 2. The van der Waals surface area contributed by atoms with Crippen LogP contribution >= 0.6 is 11.6 Å². The first-order valence-electron chi connectivity index (χ1n) is 10.1. The van der Waals surface area contributed by atoms with Crippen molar-refractivity contribution in [1.29, 1.82) is 0 Å². The highest BCUT2D eigenvalue weighted by atomic mass is 35.5. The van der Waals surface area contributed by atoms with Crippen LogP contribution in [0, 0.1) is 0 Å². The average Bonchev–Trinajstić information content (AvgIpc) is 2.71. The summed E-state index contributed by atoms with van der Waals surface area (Å²) in [4.78, 5) is 23.7. The molecule has 1 unspecified atom stereocenters. The molecule has 2 aromatic carbocycles. The second-order valence-electron chi connectivity index (χ2n) is 7.23. The average molecular weight is 467 g/mol. The van der Waals surface area contributed by atoms with Crippen LogP contribution in [0.25, 0.3) is 0 Å². The molecule has 168 valence electrons. The lowest BCUT2D eigenvalue weighted by molar-refractivity contribution is -0.136. The standard InChI is InChI=1S/C22H27ClN2O5S/c1-2-3-4-5-6-20(25-31(29,30)19-13-9-17(23)10-14-19)22(28)24-18-11-7-16(8-12-18)15-21(26)27/h7-14,20,25H,2-6,15H2,1H3,(H,24,28)(H,26,27). The van der Waals surface area contributed by atoms with Gasteiger partial charge in [0.15, 0.2) is 0 Å². The van der Waals surface area contributed by atoms with Crippen LogP contribution in [0.15, 0.2) is 53.4 Å². The summed E-state index contributed by atoms with van der Waals surface area (Å²) in [5.74, 6) is -1.42. The Hall–Kier alpha value is -2.42. The quantitative estimate of drug-likeness (QED) is 0.405. The number of carbonyl (C=O) groups excluding carboxylic acids is 1. The molecule has 0 spiro atoms. The normalized spacial score (nSPS) is 12.3. The van der Waals surface area contributed by atoms with Crippen LogP contribution in [0.1, 0.15) is 44.6 Å². The first kappa shape index (κ1) is 24.8. The monoisotopic (exact) mass is 466 g/mol. The second kappa shape index (κ2) is 11.8. The molecule has 1 atom stereocenters. The summed E-state index contributed by atoms with van der Waals surface area (Å²) >= 11 is 5.83. The molecule has 0 saturated heterocycles. The van der Waals surface area contributed by atoms with E-state index in [-0.39, 0.29) is 11.3 Å². The lowest BCUT2D eigenvalue weighted by atomic mass is 10.1. The van der Waals surface area contributed by atoms with E-state index in [2.05, 4.69) is 17.0 Å². The minimum Gasteiger partial charge on any atom is -0.481 e. The third-order valence-electron chi connectivity index (χ3n) is 4.66. The van der Waals surface area contributed by atoms with Gasteiger partial charge in [0.05, 0.1) is 11.3 Å². The molecule has 0 saturated carbocycles. The molecule has 0 fully saturated rings. The Morgan fingerprint density at radius 1 is 1.00 bits per heavy atom. The lowest BCUT2D eigenvalue weighted by Crippen LogP contribution is -2.43. The molecular weight excluding hydrogens is 440 g/mol. The van der Waals surface area contributed by atoms with Crippen molar-refractivity contribution in [3.05, 3.63) is 59.1 Å². The third kappa shape index (κ3) is 8.32. The summed E-state index contributed by atoms with van der Waals surface area (Å²) in [7, 11) is -3.91. The van der Waals surface area contributed by atoms with Crippen LogP contribution in [0.2, 0.25) is 5.02 Å². The molecule has 0 aliphatic heterocycles. The number of halogens is 1. The van der Waals surface area contributed by atoms with Crippen LogP contribution in [0.4, 0.5) is 5.69 Å². The van der Waals surface area contributed by atoms with Gasteiger partial charge in [0, 0.05) is 10.7 Å². The molecule has 0 heterocycles. The summed E-state index contributed by atoms with van der Waals surface area (Å²) < 4.78 is 28.0. The Balaban J connectivity index is 2.12. The van der Waals surface area contributed by atoms with Gasteiger partial charge in [-0.25, -0.2) is 8.42 Å². The number of carboxylic acid groups (broad SMARTS) is 1. The van der Waals surface area contributed by atoms with Gasteiger partial charge >= 0.3 is 5.97 Å². The van der Waals surface area contributed by atoms with Gasteiger partial charge in [-0.2, -0.15) is 4.72 Å². The Morgan fingerprint density at radius 3 is 2.23 bits per heavy atom. The van der Waals surface area contributed by atoms with E-state index in [4.69, 9.17) is 16.7 Å². The van der Waals surface area contributed by atoms with E-state index < -0.39 is 27.9 Å². The fourth-order valence-electron chi connectivity index (χ4n) is 3.00. The van der Waals surface area contributed by atoms with Crippen molar-refractivity contribution in [2.75, 3.05) is 5.32 Å². The highest BCUT2D eigenvalue weighted by molar-refractivity contribution is 7.89. The van der Waals surface area contributed by atoms with Crippen LogP contribution in [0.5, 0.6) is 0 Å². The van der Waals surface area contributed by atoms with Crippen molar-refractivity contribution < 1.29 is 23.1 Å². The zero-order valence-electron chi connectivity index (χ0n) is 17.3. The minimum atomic E-state index is -3.91. The zero-order chi connectivity index (χ0) is 22.9. The number of hydrogen-bond acceptors (Lipinski definition) is 4. The summed E-state index contributed by atoms with van der Waals surface area (Å²) in [6.45, 7) is 2.07. The molecule has 0 radical (unpaired) electrons. The fourth-order valence-corrected chi connectivity index (χ4v) is 4.35. The number of rotatable bonds is 12. The van der Waals surface area contributed by atoms with Gasteiger partial charge in [0.2, 0.25) is 15.9 Å². The number of sulfonamides is 1. The molecule has 2 rings (SSSR count). The first-order valence-corrected chi connectivity index (χ1v) is 12.0. The zero-order valence-corrected chi connectivity index (χ0v) is 18.9. The predicted molar refractivity (Wildman–Crippen MR) is 121 cm³/mol. The second-order valence-corrected chi connectivity index (χ2v) is 9.38. The smallest absolute Gasteiger partial charge is 0.307 e. The van der Waals surface area contributed by atoms with Crippen molar-refractivity contribution in [3.63, 3.8) is 0 Å². The van der Waals surface area contributed by atoms with Crippen LogP contribution in [-0.2, 0) is 26.0 Å². The maximum Gasteiger partial charge on any atom is 0.307 e. The minimum absolute atomic E-state index is 0.0290. The fraction of sp³-hybridized carbons (Fsp3) is 0.364. The molecule has 31 heavy (non-hydrogen) atoms. The van der Waals surface area contributed by atoms with Crippen molar-refractivity contribution in [1.82, 2.24) is 4.72 Å². The molecule has 0 aliphatic rings. The van der Waals surface area contributed by atoms with Crippen LogP contribution < -0.4 is 10.0 Å². The molecule has 0 aliphatic carbocycles. The van der Waals surface area contributed by atoms with E-state index in [1.165, 1.54) is 24.3 Å². The van der Waals surface area contributed by atoms with Crippen molar-refractivity contribution in [2.24, 2.45) is 0 Å². The van der Waals surface area contributed by atoms with E-state index in [0.29, 0.717) is 29.1 Å². The van der Waals surface area contributed by atoms with E-state index in [0.717, 1.165) is 19.3 Å². The summed E-state index contributed by atoms with van der Waals surface area (Å²) in [5, 5.41) is 12.0. The maximum absolute atomic E-state index is 12.8. The van der Waals surface area contributed by atoms with Gasteiger partial charge in [0.25, 0.3) is 0 Å². The van der Waals surface area contributed by atoms with Crippen molar-refractivity contribution in [3.8, 4) is 0 Å². The largest absolute Gasteiger partial charge is 0.481 e. The molecule has 0 bridgehead atoms. The summed E-state index contributed by atoms with van der Waals surface area (Å²) in [6.07, 6.45) is 3.86. The summed E-state index contributed by atoms with van der Waals surface area (Å²) in [6, 6.07) is 11.2. The Bertz CT molecular complexity index is 976. The van der Waals surface area contributed by atoms with Gasteiger partial charge in [0.1, 0.15) is 6.04 Å². The van der Waals surface area contributed by atoms with Gasteiger partial charge in [-0.15, -0.1) is 0 Å². The molecule has 7 nitrogen and oxygen atoms in total. The van der Waals surface area contributed by atoms with E-state index in [1.807, 2.05) is 0 Å². The Morgan fingerprint density at radius 2 is 1.65 bits per heavy atom. The third-order valence-corrected chi connectivity index (χ3v) is 6.40. The summed E-state index contributed by atoms with van der Waals surface area (Å²) in [5.41, 5.74) is 1.06. The van der Waals surface area contributed by atoms with Crippen molar-refractivity contribution >= 4 is 39.2 Å². The van der Waals surface area contributed by atoms with Gasteiger partial charge in [-0.3, -0.25) is 9.59 Å². The number of benzene rings is 2. The molecule has 2 aromatic rings. The molecule has 9 heteroatoms. The maximum atomic E-state index is 12.8.